The second-order valence-electron chi connectivity index (χ2n) is 7.79. The predicted molar refractivity (Wildman–Crippen MR) is 117 cm³/mol. The first-order chi connectivity index (χ1) is 14.7. The number of benzene rings is 1. The molecule has 1 aromatic carbocycles. The van der Waals surface area contributed by atoms with Crippen molar-refractivity contribution in [2.75, 3.05) is 13.6 Å². The van der Waals surface area contributed by atoms with Gasteiger partial charge in [0, 0.05) is 26.6 Å². The molecule has 0 spiro atoms. The normalized spacial score (nSPS) is 21.1. The molecular formula is C22H25Cl2N3O4. The van der Waals surface area contributed by atoms with E-state index in [-0.39, 0.29) is 55.0 Å². The van der Waals surface area contributed by atoms with Gasteiger partial charge in [0.1, 0.15) is 6.04 Å². The highest BCUT2D eigenvalue weighted by molar-refractivity contribution is 6.42. The topological polar surface area (TPSA) is 86.8 Å². The van der Waals surface area contributed by atoms with Crippen LogP contribution in [0.2, 0.25) is 10.0 Å². The largest absolute Gasteiger partial charge is 0.357 e. The van der Waals surface area contributed by atoms with Crippen LogP contribution in [0.25, 0.3) is 0 Å². The van der Waals surface area contributed by atoms with E-state index in [2.05, 4.69) is 5.32 Å². The Hall–Kier alpha value is -2.38. The van der Waals surface area contributed by atoms with E-state index in [4.69, 9.17) is 23.2 Å². The molecule has 3 atom stereocenters. The second kappa shape index (κ2) is 9.83. The van der Waals surface area contributed by atoms with Crippen molar-refractivity contribution in [1.29, 1.82) is 0 Å². The van der Waals surface area contributed by atoms with Gasteiger partial charge in [-0.2, -0.15) is 0 Å². The Bertz CT molecular complexity index is 907. The maximum Gasteiger partial charge on any atom is 0.242 e. The fraction of sp³-hybridized carbons (Fsp3) is 0.455. The molecule has 0 radical (unpaired) electrons. The molecular weight excluding hydrogens is 441 g/mol. The highest BCUT2D eigenvalue weighted by Crippen LogP contribution is 2.35. The Morgan fingerprint density at radius 2 is 1.74 bits per heavy atom. The van der Waals surface area contributed by atoms with Gasteiger partial charge in [-0.25, -0.2) is 0 Å². The van der Waals surface area contributed by atoms with Crippen molar-refractivity contribution in [3.63, 3.8) is 0 Å². The van der Waals surface area contributed by atoms with Crippen molar-refractivity contribution in [2.45, 2.75) is 38.8 Å². The number of halogens is 2. The van der Waals surface area contributed by atoms with Gasteiger partial charge in [0.25, 0.3) is 0 Å². The molecule has 0 aromatic heterocycles. The van der Waals surface area contributed by atoms with Crippen LogP contribution in [0.1, 0.15) is 31.7 Å². The highest BCUT2D eigenvalue weighted by atomic mass is 35.5. The van der Waals surface area contributed by atoms with Crippen molar-refractivity contribution in [3.05, 3.63) is 46.0 Å². The number of allylic oxidation sites excluding steroid dienone is 2. The molecule has 166 valence electrons. The summed E-state index contributed by atoms with van der Waals surface area (Å²) in [6.45, 7) is 1.77. The van der Waals surface area contributed by atoms with Crippen LogP contribution in [0.15, 0.2) is 30.4 Å². The number of imide groups is 1. The minimum atomic E-state index is -0.747. The number of nitrogens with one attached hydrogen (secondary N) is 1. The summed E-state index contributed by atoms with van der Waals surface area (Å²) in [4.78, 5) is 53.2. The Morgan fingerprint density at radius 3 is 2.29 bits per heavy atom. The number of likely N-dealkylation sites (N-methyl/N-ethyl adjacent to an activating group) is 1. The van der Waals surface area contributed by atoms with Gasteiger partial charge >= 0.3 is 0 Å². The number of carbonyl (C=O) groups excluding carboxylic acids is 4. The van der Waals surface area contributed by atoms with Crippen LogP contribution >= 0.6 is 23.2 Å². The smallest absolute Gasteiger partial charge is 0.242 e. The third kappa shape index (κ3) is 4.93. The molecule has 0 saturated carbocycles. The Labute approximate surface area is 191 Å². The third-order valence-corrected chi connectivity index (χ3v) is 6.64. The lowest BCUT2D eigenvalue weighted by Gasteiger charge is -2.29. The second-order valence-corrected chi connectivity index (χ2v) is 8.61. The van der Waals surface area contributed by atoms with E-state index in [1.165, 1.54) is 16.8 Å². The summed E-state index contributed by atoms with van der Waals surface area (Å²) in [5.41, 5.74) is 0.712. The Morgan fingerprint density at radius 1 is 1.13 bits per heavy atom. The maximum atomic E-state index is 13.1. The molecule has 4 amide bonds. The zero-order chi connectivity index (χ0) is 22.7. The molecule has 2 aliphatic rings. The van der Waals surface area contributed by atoms with Crippen LogP contribution in [-0.2, 0) is 25.7 Å². The average Bonchev–Trinajstić information content (AvgIpc) is 3.01. The van der Waals surface area contributed by atoms with E-state index in [0.29, 0.717) is 28.5 Å². The molecule has 1 aliphatic heterocycles. The maximum absolute atomic E-state index is 13.1. The van der Waals surface area contributed by atoms with Crippen LogP contribution < -0.4 is 5.32 Å². The van der Waals surface area contributed by atoms with Gasteiger partial charge < -0.3 is 10.2 Å². The molecule has 3 rings (SSSR count). The van der Waals surface area contributed by atoms with E-state index in [1.807, 2.05) is 12.2 Å². The number of hydrogen-bond donors (Lipinski definition) is 1. The SMILES string of the molecule is CNC(=O)C(C)N(Cc1ccc(Cl)c(Cl)c1)C(=O)CCN1C(=O)[C@H]2CC=CC[C@H]2C1=O. The summed E-state index contributed by atoms with van der Waals surface area (Å²) in [6, 6.07) is 4.26. The van der Waals surface area contributed by atoms with Crippen molar-refractivity contribution >= 4 is 46.8 Å². The predicted octanol–water partition coefficient (Wildman–Crippen LogP) is 2.80. The van der Waals surface area contributed by atoms with E-state index < -0.39 is 6.04 Å². The summed E-state index contributed by atoms with van der Waals surface area (Å²) in [7, 11) is 1.50. The number of carbonyl (C=O) groups is 4. The fourth-order valence-electron chi connectivity index (χ4n) is 4.07. The summed E-state index contributed by atoms with van der Waals surface area (Å²) in [5.74, 6) is -1.76. The summed E-state index contributed by atoms with van der Waals surface area (Å²) >= 11 is 12.1. The van der Waals surface area contributed by atoms with Gasteiger partial charge in [0.2, 0.25) is 23.6 Å². The van der Waals surface area contributed by atoms with Crippen LogP contribution in [0.5, 0.6) is 0 Å². The van der Waals surface area contributed by atoms with E-state index in [9.17, 15) is 19.2 Å². The zero-order valence-electron chi connectivity index (χ0n) is 17.4. The van der Waals surface area contributed by atoms with E-state index in [1.54, 1.807) is 25.1 Å². The van der Waals surface area contributed by atoms with Gasteiger partial charge in [-0.3, -0.25) is 24.1 Å². The third-order valence-electron chi connectivity index (χ3n) is 5.90. The number of nitrogens with zero attached hydrogens (tertiary/aromatic N) is 2. The minimum Gasteiger partial charge on any atom is -0.357 e. The minimum absolute atomic E-state index is 0.00182. The van der Waals surface area contributed by atoms with Crippen LogP contribution in [0, 0.1) is 11.8 Å². The lowest BCUT2D eigenvalue weighted by atomic mass is 9.85. The van der Waals surface area contributed by atoms with Crippen LogP contribution in [0.4, 0.5) is 0 Å². The number of amides is 4. The average molecular weight is 466 g/mol. The number of fused-ring (bicyclic) bond motifs is 1. The van der Waals surface area contributed by atoms with Crippen molar-refractivity contribution in [1.82, 2.24) is 15.1 Å². The lowest BCUT2D eigenvalue weighted by Crippen LogP contribution is -2.47. The molecule has 1 saturated heterocycles. The van der Waals surface area contributed by atoms with Crippen molar-refractivity contribution in [3.8, 4) is 0 Å². The number of likely N-dealkylation sites (tertiary alicyclic amines) is 1. The van der Waals surface area contributed by atoms with Gasteiger partial charge in [0.05, 0.1) is 21.9 Å². The first-order valence-corrected chi connectivity index (χ1v) is 11.0. The first-order valence-electron chi connectivity index (χ1n) is 10.2. The van der Waals surface area contributed by atoms with E-state index in [0.717, 1.165) is 0 Å². The molecule has 1 aromatic rings. The molecule has 1 unspecified atom stereocenters. The van der Waals surface area contributed by atoms with Crippen molar-refractivity contribution in [2.24, 2.45) is 11.8 Å². The first kappa shape index (κ1) is 23.3. The summed E-state index contributed by atoms with van der Waals surface area (Å²) in [5, 5.41) is 3.29. The Balaban J connectivity index is 1.72. The van der Waals surface area contributed by atoms with Gasteiger partial charge in [-0.1, -0.05) is 41.4 Å². The number of rotatable bonds is 7. The fourth-order valence-corrected chi connectivity index (χ4v) is 4.39. The van der Waals surface area contributed by atoms with E-state index >= 15 is 0 Å². The lowest BCUT2D eigenvalue weighted by molar-refractivity contribution is -0.143. The molecule has 0 bridgehead atoms. The summed E-state index contributed by atoms with van der Waals surface area (Å²) in [6.07, 6.45) is 4.89. The molecule has 9 heteroatoms. The molecule has 31 heavy (non-hydrogen) atoms. The molecule has 1 N–H and O–H groups in total. The summed E-state index contributed by atoms with van der Waals surface area (Å²) < 4.78 is 0. The quantitative estimate of drug-likeness (QED) is 0.495. The van der Waals surface area contributed by atoms with Gasteiger partial charge in [0.15, 0.2) is 0 Å². The highest BCUT2D eigenvalue weighted by Gasteiger charge is 2.47. The Kier molecular flexibility index (Phi) is 7.38. The van der Waals surface area contributed by atoms with Crippen LogP contribution in [0.3, 0.4) is 0 Å². The molecule has 7 nitrogen and oxygen atoms in total. The monoisotopic (exact) mass is 465 g/mol. The van der Waals surface area contributed by atoms with Gasteiger partial charge in [-0.15, -0.1) is 0 Å². The zero-order valence-corrected chi connectivity index (χ0v) is 18.9. The molecule has 1 fully saturated rings. The molecule has 1 aliphatic carbocycles. The van der Waals surface area contributed by atoms with Gasteiger partial charge in [-0.05, 0) is 37.5 Å². The van der Waals surface area contributed by atoms with Crippen LogP contribution in [-0.4, -0.2) is 53.1 Å². The molecule has 1 heterocycles. The van der Waals surface area contributed by atoms with Crippen molar-refractivity contribution < 1.29 is 19.2 Å². The standard InChI is InChI=1S/C22H25Cl2N3O4/c1-13(20(29)25-2)27(12-14-7-8-17(23)18(24)11-14)19(28)9-10-26-21(30)15-5-3-4-6-16(15)22(26)31/h3-4,7-8,11,13,15-16H,5-6,9-10,12H2,1-2H3,(H,25,29)/t13?,15-,16+. The number of hydrogen-bond acceptors (Lipinski definition) is 4.